The number of nitrogens with two attached hydrogens (primary N) is 1. The van der Waals surface area contributed by atoms with Crippen LogP contribution in [0.2, 0.25) is 0 Å². The second kappa shape index (κ2) is 14.5. The van der Waals surface area contributed by atoms with E-state index in [4.69, 9.17) is 15.7 Å². The summed E-state index contributed by atoms with van der Waals surface area (Å²) < 4.78 is 0. The number of benzene rings is 3. The highest BCUT2D eigenvalue weighted by molar-refractivity contribution is 6.09. The average molecular weight is 698 g/mol. The summed E-state index contributed by atoms with van der Waals surface area (Å²) in [7, 11) is 0. The number of carbonyl (C=O) groups excluding carboxylic acids is 3. The Hall–Kier alpha value is -5.78. The van der Waals surface area contributed by atoms with Gasteiger partial charge in [-0.25, -0.2) is 4.98 Å². The van der Waals surface area contributed by atoms with Gasteiger partial charge in [0.05, 0.1) is 29.0 Å². The predicted molar refractivity (Wildman–Crippen MR) is 203 cm³/mol. The maximum Gasteiger partial charge on any atom is 0.255 e. The van der Waals surface area contributed by atoms with Crippen molar-refractivity contribution in [2.45, 2.75) is 75.7 Å². The SMILES string of the molecule is NC=C(C=NC1CCN(c2cccc(NC3CCC(Nc4cccc5c4CN(C4CCC(=O)NC4=O)C5=O)CC3)c2)C1)c1cnc2ccccc2n1. The van der Waals surface area contributed by atoms with Crippen LogP contribution < -0.4 is 26.6 Å². The normalized spacial score (nSPS) is 23.7. The molecule has 1 saturated carbocycles. The minimum absolute atomic E-state index is 0.148. The van der Waals surface area contributed by atoms with E-state index in [1.807, 2.05) is 48.7 Å². The molecular weight excluding hydrogens is 654 g/mol. The quantitative estimate of drug-likeness (QED) is 0.141. The molecule has 3 aromatic carbocycles. The molecule has 5 N–H and O–H groups in total. The zero-order valence-corrected chi connectivity index (χ0v) is 29.0. The molecule has 0 spiro atoms. The second-order valence-corrected chi connectivity index (χ2v) is 14.2. The van der Waals surface area contributed by atoms with E-state index in [1.54, 1.807) is 17.3 Å². The van der Waals surface area contributed by atoms with Crippen LogP contribution in [0.1, 0.15) is 66.6 Å². The van der Waals surface area contributed by atoms with Crippen LogP contribution in [0.25, 0.3) is 16.6 Å². The molecule has 3 aliphatic heterocycles. The Balaban J connectivity index is 0.835. The van der Waals surface area contributed by atoms with E-state index in [9.17, 15) is 14.4 Å². The zero-order valence-electron chi connectivity index (χ0n) is 29.0. The van der Waals surface area contributed by atoms with Crippen molar-refractivity contribution in [3.8, 4) is 0 Å². The lowest BCUT2D eigenvalue weighted by molar-refractivity contribution is -0.136. The molecule has 2 atom stereocenters. The Bertz CT molecular complexity index is 2070. The average Bonchev–Trinajstić information content (AvgIpc) is 3.78. The molecule has 52 heavy (non-hydrogen) atoms. The molecular formula is C40H43N9O3. The number of piperidine rings is 1. The molecule has 12 nitrogen and oxygen atoms in total. The number of aromatic nitrogens is 2. The fourth-order valence-electron chi connectivity index (χ4n) is 7.93. The first kappa shape index (κ1) is 33.4. The first-order valence-electron chi connectivity index (χ1n) is 18.2. The molecule has 266 valence electrons. The molecule has 2 saturated heterocycles. The van der Waals surface area contributed by atoms with Crippen molar-refractivity contribution in [2.75, 3.05) is 28.6 Å². The number of aliphatic imine (C=N–C) groups is 1. The number of fused-ring (bicyclic) bond motifs is 2. The largest absolute Gasteiger partial charge is 0.404 e. The monoisotopic (exact) mass is 697 g/mol. The summed E-state index contributed by atoms with van der Waals surface area (Å²) in [6.07, 6.45) is 10.7. The Morgan fingerprint density at radius 2 is 1.69 bits per heavy atom. The van der Waals surface area contributed by atoms with E-state index >= 15 is 0 Å². The van der Waals surface area contributed by atoms with Crippen LogP contribution in [0.3, 0.4) is 0 Å². The Morgan fingerprint density at radius 1 is 0.904 bits per heavy atom. The Kier molecular flexibility index (Phi) is 9.27. The number of carbonyl (C=O) groups is 3. The summed E-state index contributed by atoms with van der Waals surface area (Å²) in [5.74, 6) is -0.816. The standard InChI is InChI=1S/C40H43N9O3/c41-20-25(36-22-43-34-8-1-2-9-35(34)46-36)21-42-29-17-18-48(23-29)30-6-3-5-28(19-30)44-26-11-13-27(14-12-26)45-33-10-4-7-31-32(33)24-49(40(31)52)37-15-16-38(50)47-39(37)51/h1-10,19-22,26-27,29,37,44-45H,11-18,23-24,41H2,(H,47,50,51). The van der Waals surface area contributed by atoms with Gasteiger partial charge in [0.2, 0.25) is 11.8 Å². The van der Waals surface area contributed by atoms with Crippen molar-refractivity contribution in [1.82, 2.24) is 20.2 Å². The number of para-hydroxylation sites is 2. The van der Waals surface area contributed by atoms with E-state index in [-0.39, 0.29) is 30.2 Å². The van der Waals surface area contributed by atoms with Gasteiger partial charge in [-0.05, 0) is 81.0 Å². The fraction of sp³-hybridized carbons (Fsp3) is 0.350. The van der Waals surface area contributed by atoms with Crippen LogP contribution in [0.5, 0.6) is 0 Å². The Morgan fingerprint density at radius 3 is 2.50 bits per heavy atom. The molecule has 3 amide bonds. The highest BCUT2D eigenvalue weighted by Gasteiger charge is 2.40. The third-order valence-electron chi connectivity index (χ3n) is 10.8. The van der Waals surface area contributed by atoms with E-state index in [2.05, 4.69) is 50.1 Å². The van der Waals surface area contributed by atoms with Gasteiger partial charge in [-0.1, -0.05) is 24.3 Å². The highest BCUT2D eigenvalue weighted by atomic mass is 16.2. The predicted octanol–water partition coefficient (Wildman–Crippen LogP) is 4.88. The van der Waals surface area contributed by atoms with Gasteiger partial charge in [0.25, 0.3) is 5.91 Å². The molecule has 0 bridgehead atoms. The van der Waals surface area contributed by atoms with E-state index in [1.165, 1.54) is 5.69 Å². The van der Waals surface area contributed by atoms with Crippen LogP contribution >= 0.6 is 0 Å². The third-order valence-corrected chi connectivity index (χ3v) is 10.8. The molecule has 1 aliphatic carbocycles. The minimum Gasteiger partial charge on any atom is -0.404 e. The van der Waals surface area contributed by atoms with E-state index in [0.717, 1.165) is 78.7 Å². The summed E-state index contributed by atoms with van der Waals surface area (Å²) in [5, 5.41) is 9.89. The van der Waals surface area contributed by atoms with Crippen molar-refractivity contribution in [3.05, 3.63) is 95.9 Å². The number of imide groups is 1. The summed E-state index contributed by atoms with van der Waals surface area (Å²) >= 11 is 0. The first-order chi connectivity index (χ1) is 25.4. The lowest BCUT2D eigenvalue weighted by Crippen LogP contribution is -2.52. The maximum absolute atomic E-state index is 13.3. The van der Waals surface area contributed by atoms with Crippen molar-refractivity contribution in [1.29, 1.82) is 0 Å². The molecule has 4 aliphatic rings. The molecule has 3 fully saturated rings. The van der Waals surface area contributed by atoms with Crippen molar-refractivity contribution >= 4 is 57.6 Å². The maximum atomic E-state index is 13.3. The van der Waals surface area contributed by atoms with Crippen molar-refractivity contribution < 1.29 is 14.4 Å². The number of allylic oxidation sites excluding steroid dienone is 1. The van der Waals surface area contributed by atoms with Crippen LogP contribution in [0.4, 0.5) is 17.1 Å². The second-order valence-electron chi connectivity index (χ2n) is 14.2. The third kappa shape index (κ3) is 6.92. The van der Waals surface area contributed by atoms with Gasteiger partial charge >= 0.3 is 0 Å². The summed E-state index contributed by atoms with van der Waals surface area (Å²) in [6.45, 7) is 2.13. The van der Waals surface area contributed by atoms with Gasteiger partial charge in [-0.3, -0.25) is 29.7 Å². The zero-order chi connectivity index (χ0) is 35.6. The number of anilines is 3. The highest BCUT2D eigenvalue weighted by Crippen LogP contribution is 2.34. The lowest BCUT2D eigenvalue weighted by atomic mass is 9.90. The van der Waals surface area contributed by atoms with Crippen LogP contribution in [-0.4, -0.2) is 76.1 Å². The molecule has 12 heteroatoms. The summed E-state index contributed by atoms with van der Waals surface area (Å²) in [6, 6.07) is 22.4. The number of hydrogen-bond acceptors (Lipinski definition) is 10. The summed E-state index contributed by atoms with van der Waals surface area (Å²) in [5.41, 5.74) is 13.9. The number of nitrogens with one attached hydrogen (secondary N) is 3. The first-order valence-corrected chi connectivity index (χ1v) is 18.2. The molecule has 4 heterocycles. The van der Waals surface area contributed by atoms with Gasteiger partial charge in [0.1, 0.15) is 6.04 Å². The summed E-state index contributed by atoms with van der Waals surface area (Å²) in [4.78, 5) is 55.5. The smallest absolute Gasteiger partial charge is 0.255 e. The van der Waals surface area contributed by atoms with Crippen molar-refractivity contribution in [2.24, 2.45) is 10.7 Å². The fourth-order valence-corrected chi connectivity index (χ4v) is 7.93. The molecule has 8 rings (SSSR count). The van der Waals surface area contributed by atoms with Crippen LogP contribution in [0, 0.1) is 0 Å². The molecule has 0 radical (unpaired) electrons. The minimum atomic E-state index is -0.616. The van der Waals surface area contributed by atoms with E-state index < -0.39 is 6.04 Å². The molecule has 4 aromatic rings. The van der Waals surface area contributed by atoms with Crippen LogP contribution in [-0.2, 0) is 16.1 Å². The van der Waals surface area contributed by atoms with Gasteiger partial charge in [0, 0.05) is 84.3 Å². The molecule has 2 unspecified atom stereocenters. The Labute approximate surface area is 302 Å². The molecule has 1 aromatic heterocycles. The number of hydrogen-bond donors (Lipinski definition) is 4. The number of amides is 3. The van der Waals surface area contributed by atoms with Crippen LogP contribution in [0.15, 0.2) is 84.1 Å². The van der Waals surface area contributed by atoms with Gasteiger partial charge in [-0.2, -0.15) is 0 Å². The topological polar surface area (TPSA) is 158 Å². The number of nitrogens with zero attached hydrogens (tertiary/aromatic N) is 5. The van der Waals surface area contributed by atoms with Gasteiger partial charge in [0.15, 0.2) is 0 Å². The van der Waals surface area contributed by atoms with Gasteiger partial charge in [-0.15, -0.1) is 0 Å². The van der Waals surface area contributed by atoms with Gasteiger partial charge < -0.3 is 26.2 Å². The lowest BCUT2D eigenvalue weighted by Gasteiger charge is -2.32. The van der Waals surface area contributed by atoms with E-state index in [0.29, 0.717) is 36.3 Å². The number of rotatable bonds is 9. The van der Waals surface area contributed by atoms with Crippen molar-refractivity contribution in [3.63, 3.8) is 0 Å².